The van der Waals surface area contributed by atoms with Crippen LogP contribution < -0.4 is 5.73 Å². The number of hydrogen-bond acceptors (Lipinski definition) is 3. The number of nitrogens with two attached hydrogens (primary N) is 1. The van der Waals surface area contributed by atoms with Crippen LogP contribution in [0.5, 0.6) is 0 Å². The normalized spacial score (nSPS) is 24.7. The van der Waals surface area contributed by atoms with Gasteiger partial charge in [-0.05, 0) is 49.2 Å². The van der Waals surface area contributed by atoms with Crippen LogP contribution in [-0.4, -0.2) is 32.1 Å². The van der Waals surface area contributed by atoms with Gasteiger partial charge < -0.3 is 10.5 Å². The zero-order valence-electron chi connectivity index (χ0n) is 11.0. The molecule has 3 nitrogen and oxygen atoms in total. The Balaban J connectivity index is 2.27. The molecule has 1 aromatic carbocycles. The zero-order chi connectivity index (χ0) is 13.1. The van der Waals surface area contributed by atoms with Crippen molar-refractivity contribution in [2.45, 2.75) is 19.1 Å². The average molecular weight is 269 g/mol. The third-order valence-corrected chi connectivity index (χ3v) is 3.97. The van der Waals surface area contributed by atoms with Gasteiger partial charge in [0.1, 0.15) is 0 Å². The lowest BCUT2D eigenvalue weighted by Crippen LogP contribution is -2.21. The van der Waals surface area contributed by atoms with E-state index in [2.05, 4.69) is 18.0 Å². The summed E-state index contributed by atoms with van der Waals surface area (Å²) in [6.07, 6.45) is 1.12. The van der Waals surface area contributed by atoms with E-state index in [-0.39, 0.29) is 0 Å². The van der Waals surface area contributed by atoms with E-state index in [0.29, 0.717) is 18.6 Å². The summed E-state index contributed by atoms with van der Waals surface area (Å²) in [7, 11) is 3.87. The molecule has 2 N–H and O–H groups in total. The summed E-state index contributed by atoms with van der Waals surface area (Å²) in [5.41, 5.74) is 8.28. The van der Waals surface area contributed by atoms with Gasteiger partial charge in [-0.25, -0.2) is 0 Å². The molecule has 0 aromatic heterocycles. The molecule has 4 heteroatoms. The third kappa shape index (κ3) is 2.86. The molecule has 2 rings (SSSR count). The van der Waals surface area contributed by atoms with Crippen LogP contribution in [0.4, 0.5) is 0 Å². The molecule has 2 unspecified atom stereocenters. The van der Waals surface area contributed by atoms with E-state index in [1.54, 1.807) is 7.11 Å². The van der Waals surface area contributed by atoms with E-state index in [4.69, 9.17) is 22.1 Å². The maximum Gasteiger partial charge on any atom is 0.0716 e. The maximum absolute atomic E-state index is 6.06. The van der Waals surface area contributed by atoms with Crippen LogP contribution in [0.25, 0.3) is 0 Å². The highest BCUT2D eigenvalue weighted by Crippen LogP contribution is 2.36. The topological polar surface area (TPSA) is 38.5 Å². The monoisotopic (exact) mass is 268 g/mol. The molecular weight excluding hydrogens is 248 g/mol. The highest BCUT2D eigenvalue weighted by Gasteiger charge is 2.30. The molecule has 100 valence electrons. The Labute approximate surface area is 114 Å². The SMILES string of the molecule is COCc1cc(Cl)ccc1C1CC(CN)CN1C. The van der Waals surface area contributed by atoms with Crippen molar-refractivity contribution in [1.82, 2.24) is 4.90 Å². The highest BCUT2D eigenvalue weighted by atomic mass is 35.5. The van der Waals surface area contributed by atoms with Crippen molar-refractivity contribution in [3.05, 3.63) is 34.3 Å². The average Bonchev–Trinajstić information content (AvgIpc) is 2.71. The molecule has 1 saturated heterocycles. The van der Waals surface area contributed by atoms with Gasteiger partial charge in [0.25, 0.3) is 0 Å². The number of rotatable bonds is 4. The Morgan fingerprint density at radius 2 is 2.28 bits per heavy atom. The first kappa shape index (κ1) is 13.8. The predicted molar refractivity (Wildman–Crippen MR) is 74.7 cm³/mol. The molecule has 18 heavy (non-hydrogen) atoms. The molecule has 1 aromatic rings. The first-order valence-corrected chi connectivity index (χ1v) is 6.71. The van der Waals surface area contributed by atoms with E-state index >= 15 is 0 Å². The van der Waals surface area contributed by atoms with E-state index in [1.165, 1.54) is 11.1 Å². The molecular formula is C14H21ClN2O. The highest BCUT2D eigenvalue weighted by molar-refractivity contribution is 6.30. The predicted octanol–water partition coefficient (Wildman–Crippen LogP) is 2.44. The van der Waals surface area contributed by atoms with Gasteiger partial charge >= 0.3 is 0 Å². The first-order valence-electron chi connectivity index (χ1n) is 6.33. The van der Waals surface area contributed by atoms with E-state index in [0.717, 1.165) is 24.5 Å². The summed E-state index contributed by atoms with van der Waals surface area (Å²) >= 11 is 6.06. The van der Waals surface area contributed by atoms with Crippen molar-refractivity contribution in [1.29, 1.82) is 0 Å². The second-order valence-electron chi connectivity index (χ2n) is 5.07. The van der Waals surface area contributed by atoms with Crippen LogP contribution in [0.15, 0.2) is 18.2 Å². The Morgan fingerprint density at radius 3 is 2.89 bits per heavy atom. The smallest absolute Gasteiger partial charge is 0.0716 e. The van der Waals surface area contributed by atoms with Gasteiger partial charge in [-0.2, -0.15) is 0 Å². The Morgan fingerprint density at radius 1 is 1.50 bits per heavy atom. The van der Waals surface area contributed by atoms with Gasteiger partial charge in [0, 0.05) is 24.7 Å². The quantitative estimate of drug-likeness (QED) is 0.912. The van der Waals surface area contributed by atoms with Crippen molar-refractivity contribution in [3.63, 3.8) is 0 Å². The molecule has 0 aliphatic carbocycles. The standard InChI is InChI=1S/C14H21ClN2O/c1-17-8-10(7-16)5-14(17)13-4-3-12(15)6-11(13)9-18-2/h3-4,6,10,14H,5,7-9,16H2,1-2H3. The lowest BCUT2D eigenvalue weighted by atomic mass is 9.96. The fourth-order valence-corrected chi connectivity index (χ4v) is 3.01. The van der Waals surface area contributed by atoms with Gasteiger partial charge in [0.15, 0.2) is 0 Å². The van der Waals surface area contributed by atoms with Crippen molar-refractivity contribution in [3.8, 4) is 0 Å². The van der Waals surface area contributed by atoms with Gasteiger partial charge in [-0.3, -0.25) is 4.90 Å². The maximum atomic E-state index is 6.06. The second kappa shape index (κ2) is 6.02. The fraction of sp³-hybridized carbons (Fsp3) is 0.571. The Bertz CT molecular complexity index is 411. The number of halogens is 1. The number of likely N-dealkylation sites (tertiary alicyclic amines) is 1. The number of nitrogens with zero attached hydrogens (tertiary/aromatic N) is 1. The van der Waals surface area contributed by atoms with Crippen LogP contribution in [0.2, 0.25) is 5.02 Å². The molecule has 1 aliphatic rings. The van der Waals surface area contributed by atoms with Crippen molar-refractivity contribution in [2.75, 3.05) is 27.2 Å². The minimum atomic E-state index is 0.431. The van der Waals surface area contributed by atoms with Crippen molar-refractivity contribution in [2.24, 2.45) is 11.7 Å². The minimum absolute atomic E-state index is 0.431. The Kier molecular flexibility index (Phi) is 4.62. The zero-order valence-corrected chi connectivity index (χ0v) is 11.8. The molecule has 0 amide bonds. The molecule has 0 bridgehead atoms. The fourth-order valence-electron chi connectivity index (χ4n) is 2.82. The largest absolute Gasteiger partial charge is 0.380 e. The van der Waals surface area contributed by atoms with Crippen LogP contribution in [-0.2, 0) is 11.3 Å². The van der Waals surface area contributed by atoms with Crippen LogP contribution >= 0.6 is 11.6 Å². The first-order chi connectivity index (χ1) is 8.65. The van der Waals surface area contributed by atoms with E-state index in [9.17, 15) is 0 Å². The lowest BCUT2D eigenvalue weighted by molar-refractivity contribution is 0.182. The summed E-state index contributed by atoms with van der Waals surface area (Å²) < 4.78 is 5.27. The Hall–Kier alpha value is -0.610. The van der Waals surface area contributed by atoms with E-state index in [1.807, 2.05) is 12.1 Å². The number of hydrogen-bond donors (Lipinski definition) is 1. The summed E-state index contributed by atoms with van der Waals surface area (Å²) in [6, 6.07) is 6.52. The lowest BCUT2D eigenvalue weighted by Gasteiger charge is -2.22. The molecule has 1 heterocycles. The van der Waals surface area contributed by atoms with E-state index < -0.39 is 0 Å². The van der Waals surface area contributed by atoms with Crippen LogP contribution in [0.1, 0.15) is 23.6 Å². The van der Waals surface area contributed by atoms with Gasteiger partial charge in [-0.1, -0.05) is 17.7 Å². The summed E-state index contributed by atoms with van der Waals surface area (Å²) in [6.45, 7) is 2.43. The summed E-state index contributed by atoms with van der Waals surface area (Å²) in [4.78, 5) is 2.37. The molecule has 1 fully saturated rings. The number of methoxy groups -OCH3 is 1. The molecule has 0 saturated carbocycles. The van der Waals surface area contributed by atoms with Crippen LogP contribution in [0, 0.1) is 5.92 Å². The van der Waals surface area contributed by atoms with Gasteiger partial charge in [-0.15, -0.1) is 0 Å². The molecule has 1 aliphatic heterocycles. The number of ether oxygens (including phenoxy) is 1. The van der Waals surface area contributed by atoms with Gasteiger partial charge in [0.2, 0.25) is 0 Å². The van der Waals surface area contributed by atoms with Gasteiger partial charge in [0.05, 0.1) is 6.61 Å². The third-order valence-electron chi connectivity index (χ3n) is 3.73. The van der Waals surface area contributed by atoms with Crippen LogP contribution in [0.3, 0.4) is 0 Å². The summed E-state index contributed by atoms with van der Waals surface area (Å²) in [5, 5.41) is 0.766. The molecule has 0 spiro atoms. The molecule has 0 radical (unpaired) electrons. The van der Waals surface area contributed by atoms with Crippen molar-refractivity contribution >= 4 is 11.6 Å². The van der Waals surface area contributed by atoms with Crippen molar-refractivity contribution < 1.29 is 4.74 Å². The summed E-state index contributed by atoms with van der Waals surface area (Å²) in [5.74, 6) is 0.589. The second-order valence-corrected chi connectivity index (χ2v) is 5.51. The molecule has 2 atom stereocenters. The minimum Gasteiger partial charge on any atom is -0.380 e. The number of benzene rings is 1.